The van der Waals surface area contributed by atoms with Gasteiger partial charge in [-0.15, -0.1) is 0 Å². The maximum atomic E-state index is 13.4. The number of aromatic amines is 1. The van der Waals surface area contributed by atoms with Crippen molar-refractivity contribution in [2.75, 3.05) is 20.2 Å². The third kappa shape index (κ3) is 3.26. The molecule has 1 saturated carbocycles. The number of hydrogen-bond acceptors (Lipinski definition) is 4. The number of H-pyrrole nitrogens is 1. The first-order valence-electron chi connectivity index (χ1n) is 10.6. The summed E-state index contributed by atoms with van der Waals surface area (Å²) >= 11 is 0. The second-order valence-corrected chi connectivity index (χ2v) is 8.31. The molecule has 2 aromatic heterocycles. The van der Waals surface area contributed by atoms with Crippen molar-refractivity contribution in [2.45, 2.75) is 37.0 Å². The Hall–Kier alpha value is -3.15. The highest BCUT2D eigenvalue weighted by molar-refractivity contribution is 5.91. The summed E-state index contributed by atoms with van der Waals surface area (Å²) in [6.07, 6.45) is 9.28. The average molecular weight is 402 g/mol. The van der Waals surface area contributed by atoms with Crippen molar-refractivity contribution < 1.29 is 9.53 Å². The molecular weight excluding hydrogens is 376 g/mol. The van der Waals surface area contributed by atoms with Crippen LogP contribution in [0.3, 0.4) is 0 Å². The van der Waals surface area contributed by atoms with Crippen LogP contribution in [0.4, 0.5) is 0 Å². The number of nitrogens with zero attached hydrogens (tertiary/aromatic N) is 3. The van der Waals surface area contributed by atoms with Crippen LogP contribution in [-0.4, -0.2) is 46.2 Å². The van der Waals surface area contributed by atoms with Crippen LogP contribution in [0, 0.1) is 0 Å². The van der Waals surface area contributed by atoms with Crippen molar-refractivity contribution >= 4 is 5.91 Å². The van der Waals surface area contributed by atoms with E-state index in [4.69, 9.17) is 4.74 Å². The molecule has 30 heavy (non-hydrogen) atoms. The maximum Gasteiger partial charge on any atom is 0.233 e. The third-order valence-electron chi connectivity index (χ3n) is 6.65. The summed E-state index contributed by atoms with van der Waals surface area (Å²) in [6.45, 7) is 1.58. The SMILES string of the molecule is COc1ccc(C2(C(=O)N3CCC(c4[nH]ncc4-c4ccncc4)CC3)CC2)cc1. The molecule has 6 nitrogen and oxygen atoms in total. The molecule has 154 valence electrons. The summed E-state index contributed by atoms with van der Waals surface area (Å²) in [5.41, 5.74) is 4.23. The van der Waals surface area contributed by atoms with E-state index in [1.807, 2.05) is 55.0 Å². The van der Waals surface area contributed by atoms with E-state index in [9.17, 15) is 4.79 Å². The van der Waals surface area contributed by atoms with Crippen LogP contribution >= 0.6 is 0 Å². The Morgan fingerprint density at radius 3 is 2.43 bits per heavy atom. The maximum absolute atomic E-state index is 13.4. The molecule has 3 heterocycles. The molecule has 1 aliphatic heterocycles. The second kappa shape index (κ2) is 7.59. The average Bonchev–Trinajstić information content (AvgIpc) is 3.48. The van der Waals surface area contributed by atoms with Crippen LogP contribution in [0.15, 0.2) is 55.0 Å². The van der Waals surface area contributed by atoms with Crippen LogP contribution < -0.4 is 4.74 Å². The summed E-state index contributed by atoms with van der Waals surface area (Å²) < 4.78 is 5.26. The standard InChI is InChI=1S/C24H26N4O2/c1-30-20-4-2-19(3-5-20)24(10-11-24)23(29)28-14-8-18(9-15-28)22-21(16-26-27-22)17-6-12-25-13-7-17/h2-7,12-13,16,18H,8-11,14-15H2,1H3,(H,26,27). The number of ether oxygens (including phenoxy) is 1. The van der Waals surface area contributed by atoms with Crippen molar-refractivity contribution in [3.63, 3.8) is 0 Å². The molecule has 5 rings (SSSR count). The van der Waals surface area contributed by atoms with Gasteiger partial charge in [0, 0.05) is 42.7 Å². The van der Waals surface area contributed by atoms with Gasteiger partial charge in [-0.3, -0.25) is 14.9 Å². The Balaban J connectivity index is 1.28. The zero-order chi connectivity index (χ0) is 20.6. The largest absolute Gasteiger partial charge is 0.497 e. The highest BCUT2D eigenvalue weighted by Crippen LogP contribution is 2.50. The lowest BCUT2D eigenvalue weighted by molar-refractivity contribution is -0.135. The molecule has 6 heteroatoms. The van der Waals surface area contributed by atoms with E-state index < -0.39 is 0 Å². The van der Waals surface area contributed by atoms with Gasteiger partial charge in [0.2, 0.25) is 5.91 Å². The molecule has 0 atom stereocenters. The zero-order valence-corrected chi connectivity index (χ0v) is 17.2. The third-order valence-corrected chi connectivity index (χ3v) is 6.65. The number of amides is 1. The van der Waals surface area contributed by atoms with Crippen molar-refractivity contribution in [3.8, 4) is 16.9 Å². The first-order valence-corrected chi connectivity index (χ1v) is 10.6. The molecule has 1 amide bonds. The fraction of sp³-hybridized carbons (Fsp3) is 0.375. The van der Waals surface area contributed by atoms with E-state index in [1.54, 1.807) is 7.11 Å². The number of hydrogen-bond donors (Lipinski definition) is 1. The van der Waals surface area contributed by atoms with E-state index in [0.29, 0.717) is 5.92 Å². The summed E-state index contributed by atoms with van der Waals surface area (Å²) in [5.74, 6) is 1.49. The number of carbonyl (C=O) groups excluding carboxylic acids is 1. The van der Waals surface area contributed by atoms with Crippen molar-refractivity contribution in [1.29, 1.82) is 0 Å². The Bertz CT molecular complexity index is 1020. The van der Waals surface area contributed by atoms with E-state index in [-0.39, 0.29) is 11.3 Å². The summed E-state index contributed by atoms with van der Waals surface area (Å²) in [5, 5.41) is 7.51. The van der Waals surface area contributed by atoms with E-state index in [1.165, 1.54) is 5.69 Å². The Morgan fingerprint density at radius 2 is 1.80 bits per heavy atom. The first kappa shape index (κ1) is 18.9. The van der Waals surface area contributed by atoms with Crippen LogP contribution in [0.5, 0.6) is 5.75 Å². The fourth-order valence-electron chi connectivity index (χ4n) is 4.70. The van der Waals surface area contributed by atoms with Gasteiger partial charge in [-0.05, 0) is 61.1 Å². The van der Waals surface area contributed by atoms with Crippen molar-refractivity contribution in [1.82, 2.24) is 20.1 Å². The van der Waals surface area contributed by atoms with E-state index in [2.05, 4.69) is 20.1 Å². The second-order valence-electron chi connectivity index (χ2n) is 8.31. The summed E-state index contributed by atoms with van der Waals surface area (Å²) in [7, 11) is 1.66. The number of carbonyl (C=O) groups is 1. The number of pyridine rings is 1. The number of benzene rings is 1. The number of nitrogens with one attached hydrogen (secondary N) is 1. The molecule has 1 aromatic carbocycles. The molecule has 0 bridgehead atoms. The van der Waals surface area contributed by atoms with Gasteiger partial charge in [-0.25, -0.2) is 0 Å². The number of piperidine rings is 1. The minimum atomic E-state index is -0.324. The molecule has 2 aliphatic rings. The Morgan fingerprint density at radius 1 is 1.10 bits per heavy atom. The van der Waals surface area contributed by atoms with Gasteiger partial charge in [-0.1, -0.05) is 12.1 Å². The van der Waals surface area contributed by atoms with E-state index in [0.717, 1.165) is 61.2 Å². The quantitative estimate of drug-likeness (QED) is 0.702. The monoisotopic (exact) mass is 402 g/mol. The highest BCUT2D eigenvalue weighted by Gasteiger charge is 2.53. The van der Waals surface area contributed by atoms with Crippen LogP contribution in [-0.2, 0) is 10.2 Å². The van der Waals surface area contributed by atoms with Gasteiger partial charge in [-0.2, -0.15) is 5.10 Å². The first-order chi connectivity index (χ1) is 14.7. The predicted octanol–water partition coefficient (Wildman–Crippen LogP) is 3.92. The summed E-state index contributed by atoms with van der Waals surface area (Å²) in [6, 6.07) is 12.0. The van der Waals surface area contributed by atoms with Crippen molar-refractivity contribution in [3.05, 3.63) is 66.2 Å². The molecule has 3 aromatic rings. The molecular formula is C24H26N4O2. The number of aromatic nitrogens is 3. The van der Waals surface area contributed by atoms with Gasteiger partial charge < -0.3 is 9.64 Å². The van der Waals surface area contributed by atoms with Crippen LogP contribution in [0.25, 0.3) is 11.1 Å². The topological polar surface area (TPSA) is 71.1 Å². The lowest BCUT2D eigenvalue weighted by Gasteiger charge is -2.34. The molecule has 0 unspecified atom stereocenters. The normalized spacial score (nSPS) is 18.2. The molecule has 2 fully saturated rings. The highest BCUT2D eigenvalue weighted by atomic mass is 16.5. The fourth-order valence-corrected chi connectivity index (χ4v) is 4.70. The van der Waals surface area contributed by atoms with Gasteiger partial charge in [0.15, 0.2) is 0 Å². The summed E-state index contributed by atoms with van der Waals surface area (Å²) in [4.78, 5) is 19.6. The number of likely N-dealkylation sites (tertiary alicyclic amines) is 1. The van der Waals surface area contributed by atoms with Gasteiger partial charge in [0.05, 0.1) is 18.7 Å². The lowest BCUT2D eigenvalue weighted by Crippen LogP contribution is -2.43. The molecule has 1 saturated heterocycles. The van der Waals surface area contributed by atoms with Crippen LogP contribution in [0.2, 0.25) is 0 Å². The zero-order valence-electron chi connectivity index (χ0n) is 17.2. The lowest BCUT2D eigenvalue weighted by atomic mass is 9.88. The van der Waals surface area contributed by atoms with Crippen molar-refractivity contribution in [2.24, 2.45) is 0 Å². The predicted molar refractivity (Wildman–Crippen MR) is 114 cm³/mol. The smallest absolute Gasteiger partial charge is 0.233 e. The minimum absolute atomic E-state index is 0.282. The molecule has 1 aliphatic carbocycles. The molecule has 0 spiro atoms. The van der Waals surface area contributed by atoms with Crippen LogP contribution in [0.1, 0.15) is 42.9 Å². The van der Waals surface area contributed by atoms with Gasteiger partial charge >= 0.3 is 0 Å². The Labute approximate surface area is 176 Å². The van der Waals surface area contributed by atoms with E-state index >= 15 is 0 Å². The minimum Gasteiger partial charge on any atom is -0.497 e. The van der Waals surface area contributed by atoms with Gasteiger partial charge in [0.1, 0.15) is 5.75 Å². The number of methoxy groups -OCH3 is 1. The molecule has 0 radical (unpaired) electrons. The molecule has 1 N–H and O–H groups in total. The van der Waals surface area contributed by atoms with Gasteiger partial charge in [0.25, 0.3) is 0 Å². The Kier molecular flexibility index (Phi) is 4.77. The number of rotatable bonds is 5.